The average molecular weight is 442 g/mol. The zero-order valence-electron chi connectivity index (χ0n) is 15.0. The van der Waals surface area contributed by atoms with Crippen LogP contribution in [0.3, 0.4) is 0 Å². The van der Waals surface area contributed by atoms with Gasteiger partial charge in [0.1, 0.15) is 0 Å². The smallest absolute Gasteiger partial charge is 0.319 e. The van der Waals surface area contributed by atoms with Crippen LogP contribution >= 0.6 is 23.2 Å². The highest BCUT2D eigenvalue weighted by atomic mass is 35.5. The van der Waals surface area contributed by atoms with Crippen LogP contribution in [0.4, 0.5) is 10.5 Å². The van der Waals surface area contributed by atoms with Crippen molar-refractivity contribution in [2.45, 2.75) is 46.7 Å². The van der Waals surface area contributed by atoms with Gasteiger partial charge in [-0.2, -0.15) is 0 Å². The number of carbonyl (C=O) groups excluding carboxylic acids is 1. The number of anilines is 1. The van der Waals surface area contributed by atoms with E-state index in [1.54, 1.807) is 30.6 Å². The third-order valence-electron chi connectivity index (χ3n) is 4.66. The Kier molecular flexibility index (Phi) is 6.80. The molecule has 0 bridgehead atoms. The Morgan fingerprint density at radius 2 is 1.89 bits per heavy atom. The van der Waals surface area contributed by atoms with Crippen molar-refractivity contribution in [3.8, 4) is 0 Å². The summed E-state index contributed by atoms with van der Waals surface area (Å²) in [6.07, 6.45) is 4.88. The van der Waals surface area contributed by atoms with E-state index in [9.17, 15) is 13.2 Å². The Morgan fingerprint density at radius 1 is 1.14 bits per heavy atom. The number of carbonyl (C=O) groups is 1. The molecule has 6 nitrogen and oxygen atoms in total. The summed E-state index contributed by atoms with van der Waals surface area (Å²) < 4.78 is 25.7. The van der Waals surface area contributed by atoms with E-state index >= 15 is 0 Å². The largest absolute Gasteiger partial charge is 0.334 e. The second kappa shape index (κ2) is 9.11. The first-order valence-corrected chi connectivity index (χ1v) is 11.3. The normalized spacial score (nSPS) is 22.4. The molecule has 3 atom stereocenters. The van der Waals surface area contributed by atoms with E-state index in [0.717, 1.165) is 5.56 Å². The van der Waals surface area contributed by atoms with Crippen molar-refractivity contribution < 1.29 is 13.2 Å². The van der Waals surface area contributed by atoms with E-state index in [2.05, 4.69) is 15.6 Å². The zero-order chi connectivity index (χ0) is 20.1. The van der Waals surface area contributed by atoms with Crippen molar-refractivity contribution in [2.24, 2.45) is 0 Å². The molecule has 1 fully saturated rings. The topological polar surface area (TPSA) is 88.2 Å². The lowest BCUT2D eigenvalue weighted by Gasteiger charge is -2.29. The molecule has 1 aliphatic carbocycles. The summed E-state index contributed by atoms with van der Waals surface area (Å²) >= 11 is 12.3. The minimum Gasteiger partial charge on any atom is -0.334 e. The van der Waals surface area contributed by atoms with E-state index < -0.39 is 20.5 Å². The lowest BCUT2D eigenvalue weighted by atomic mass is 9.99. The summed E-state index contributed by atoms with van der Waals surface area (Å²) in [6.45, 7) is 0.340. The Hall–Kier alpha value is -1.83. The molecule has 2 aromatic rings. The van der Waals surface area contributed by atoms with Gasteiger partial charge in [0, 0.05) is 30.0 Å². The first kappa shape index (κ1) is 20.9. The fraction of sp³-hybridized carbons (Fsp3) is 0.368. The molecule has 1 aromatic heterocycles. The third kappa shape index (κ3) is 5.16. The molecule has 3 unspecified atom stereocenters. The SMILES string of the molecule is O=C(NCc1cccnc1)Nc1ccc(S(=O)(=O)C2CCC(Cl)CC2Cl)cc1. The molecular formula is C19H21Cl2N3O3S. The third-order valence-corrected chi connectivity index (χ3v) is 7.98. The van der Waals surface area contributed by atoms with Gasteiger partial charge in [-0.3, -0.25) is 4.98 Å². The molecular weight excluding hydrogens is 421 g/mol. The Labute approximate surface area is 174 Å². The molecule has 150 valence electrons. The highest BCUT2D eigenvalue weighted by molar-refractivity contribution is 7.92. The molecule has 1 aliphatic rings. The quantitative estimate of drug-likeness (QED) is 0.687. The first-order valence-electron chi connectivity index (χ1n) is 8.92. The van der Waals surface area contributed by atoms with Gasteiger partial charge in [0.15, 0.2) is 9.84 Å². The minimum absolute atomic E-state index is 0.0781. The second-order valence-corrected chi connectivity index (χ2v) is 10.0. The van der Waals surface area contributed by atoms with E-state index in [0.29, 0.717) is 31.5 Å². The summed E-state index contributed by atoms with van der Waals surface area (Å²) in [5.74, 6) is 0. The van der Waals surface area contributed by atoms with Crippen LogP contribution in [0.5, 0.6) is 0 Å². The van der Waals surface area contributed by atoms with Gasteiger partial charge in [-0.15, -0.1) is 23.2 Å². The first-order chi connectivity index (χ1) is 13.4. The average Bonchev–Trinajstić information content (AvgIpc) is 2.67. The standard InChI is InChI=1S/C19H21Cl2N3O3S/c20-14-3-8-18(17(21)10-14)28(26,27)16-6-4-15(5-7-16)24-19(25)23-12-13-2-1-9-22-11-13/h1-2,4-7,9,11,14,17-18H,3,8,10,12H2,(H2,23,24,25). The molecule has 2 amide bonds. The van der Waals surface area contributed by atoms with Gasteiger partial charge < -0.3 is 10.6 Å². The molecule has 3 rings (SSSR count). The minimum atomic E-state index is -3.55. The van der Waals surface area contributed by atoms with Crippen molar-refractivity contribution in [3.05, 3.63) is 54.4 Å². The van der Waals surface area contributed by atoms with Gasteiger partial charge >= 0.3 is 6.03 Å². The molecule has 0 radical (unpaired) electrons. The van der Waals surface area contributed by atoms with Gasteiger partial charge in [-0.25, -0.2) is 13.2 Å². The van der Waals surface area contributed by atoms with E-state index in [1.165, 1.54) is 12.1 Å². The lowest BCUT2D eigenvalue weighted by molar-refractivity contribution is 0.251. The number of sulfone groups is 1. The van der Waals surface area contributed by atoms with Crippen LogP contribution in [0, 0.1) is 0 Å². The highest BCUT2D eigenvalue weighted by Crippen LogP contribution is 2.34. The summed E-state index contributed by atoms with van der Waals surface area (Å²) in [7, 11) is -3.55. The van der Waals surface area contributed by atoms with Gasteiger partial charge in [-0.05, 0) is 55.2 Å². The number of nitrogens with one attached hydrogen (secondary N) is 2. The maximum atomic E-state index is 12.9. The fourth-order valence-electron chi connectivity index (χ4n) is 3.15. The number of aromatic nitrogens is 1. The lowest BCUT2D eigenvalue weighted by Crippen LogP contribution is -2.37. The molecule has 9 heteroatoms. The molecule has 28 heavy (non-hydrogen) atoms. The van der Waals surface area contributed by atoms with Crippen molar-refractivity contribution in [1.29, 1.82) is 0 Å². The highest BCUT2D eigenvalue weighted by Gasteiger charge is 2.38. The predicted octanol–water partition coefficient (Wildman–Crippen LogP) is 3.94. The number of halogens is 2. The monoisotopic (exact) mass is 441 g/mol. The van der Waals surface area contributed by atoms with E-state index in [-0.39, 0.29) is 16.3 Å². The Morgan fingerprint density at radius 3 is 2.54 bits per heavy atom. The van der Waals surface area contributed by atoms with Crippen LogP contribution < -0.4 is 10.6 Å². The molecule has 1 heterocycles. The summed E-state index contributed by atoms with van der Waals surface area (Å²) in [6, 6.07) is 9.36. The van der Waals surface area contributed by atoms with Gasteiger partial charge in [0.05, 0.1) is 15.5 Å². The van der Waals surface area contributed by atoms with Crippen LogP contribution in [-0.2, 0) is 16.4 Å². The molecule has 0 spiro atoms. The van der Waals surface area contributed by atoms with E-state index in [1.807, 2.05) is 6.07 Å². The van der Waals surface area contributed by atoms with Crippen molar-refractivity contribution in [1.82, 2.24) is 10.3 Å². The summed E-state index contributed by atoms with van der Waals surface area (Å²) in [4.78, 5) is 16.2. The summed E-state index contributed by atoms with van der Waals surface area (Å²) in [5.41, 5.74) is 1.37. The van der Waals surface area contributed by atoms with Crippen LogP contribution in [0.2, 0.25) is 0 Å². The molecule has 0 aliphatic heterocycles. The van der Waals surface area contributed by atoms with Gasteiger partial charge in [0.2, 0.25) is 0 Å². The Balaban J connectivity index is 1.60. The molecule has 1 saturated carbocycles. The van der Waals surface area contributed by atoms with Gasteiger partial charge in [-0.1, -0.05) is 6.07 Å². The van der Waals surface area contributed by atoms with Crippen LogP contribution in [-0.4, -0.2) is 35.4 Å². The molecule has 0 saturated heterocycles. The second-order valence-electron chi connectivity index (χ2n) is 6.70. The number of urea groups is 1. The van der Waals surface area contributed by atoms with Crippen LogP contribution in [0.1, 0.15) is 24.8 Å². The van der Waals surface area contributed by atoms with E-state index in [4.69, 9.17) is 23.2 Å². The van der Waals surface area contributed by atoms with Crippen LogP contribution in [0.15, 0.2) is 53.7 Å². The number of amides is 2. The number of benzene rings is 1. The molecule has 1 aromatic carbocycles. The predicted molar refractivity (Wildman–Crippen MR) is 111 cm³/mol. The number of hydrogen-bond acceptors (Lipinski definition) is 4. The van der Waals surface area contributed by atoms with Crippen molar-refractivity contribution in [2.75, 3.05) is 5.32 Å². The van der Waals surface area contributed by atoms with Crippen molar-refractivity contribution in [3.63, 3.8) is 0 Å². The van der Waals surface area contributed by atoms with Crippen LogP contribution in [0.25, 0.3) is 0 Å². The Bertz CT molecular complexity index is 908. The zero-order valence-corrected chi connectivity index (χ0v) is 17.3. The fourth-order valence-corrected chi connectivity index (χ4v) is 6.12. The van der Waals surface area contributed by atoms with Crippen molar-refractivity contribution >= 4 is 44.8 Å². The molecule has 2 N–H and O–H groups in total. The number of hydrogen-bond donors (Lipinski definition) is 2. The summed E-state index contributed by atoms with van der Waals surface area (Å²) in [5, 5.41) is 4.16. The maximum absolute atomic E-state index is 12.9. The number of nitrogens with zero attached hydrogens (tertiary/aromatic N) is 1. The number of pyridine rings is 1. The van der Waals surface area contributed by atoms with Gasteiger partial charge in [0.25, 0.3) is 0 Å². The number of alkyl halides is 2. The number of rotatable bonds is 5. The maximum Gasteiger partial charge on any atom is 0.319 e.